The molecule has 2 rings (SSSR count). The van der Waals surface area contributed by atoms with Gasteiger partial charge in [0.1, 0.15) is 0 Å². The van der Waals surface area contributed by atoms with Crippen LogP contribution in [0.3, 0.4) is 0 Å². The van der Waals surface area contributed by atoms with E-state index >= 15 is 0 Å². The lowest BCUT2D eigenvalue weighted by molar-refractivity contribution is 0.589. The van der Waals surface area contributed by atoms with Gasteiger partial charge in [0.25, 0.3) is 0 Å². The molecule has 0 aliphatic heterocycles. The zero-order chi connectivity index (χ0) is 11.2. The monoisotopic (exact) mass is 239 g/mol. The van der Waals surface area contributed by atoms with Crippen molar-refractivity contribution < 1.29 is 0 Å². The minimum Gasteiger partial charge on any atom is -0.314 e. The Balaban J connectivity index is 1.51. The maximum Gasteiger partial charge on any atom is 0.0589 e. The van der Waals surface area contributed by atoms with E-state index < -0.39 is 0 Å². The summed E-state index contributed by atoms with van der Waals surface area (Å²) in [6.07, 6.45) is 5.58. The molecule has 1 aromatic heterocycles. The van der Waals surface area contributed by atoms with E-state index in [0.717, 1.165) is 31.4 Å². The summed E-state index contributed by atoms with van der Waals surface area (Å²) in [6.45, 7) is 2.97. The summed E-state index contributed by atoms with van der Waals surface area (Å²) < 4.78 is 0. The van der Waals surface area contributed by atoms with Crippen LogP contribution in [0.15, 0.2) is 18.3 Å². The Morgan fingerprint density at radius 2 is 2.19 bits per heavy atom. The predicted octanol–water partition coefficient (Wildman–Crippen LogP) is 1.97. The first-order valence-electron chi connectivity index (χ1n) is 5.89. The van der Waals surface area contributed by atoms with Crippen molar-refractivity contribution in [1.29, 1.82) is 0 Å². The molecule has 2 N–H and O–H groups in total. The maximum atomic E-state index is 5.76. The molecular weight excluding hydrogens is 222 g/mol. The van der Waals surface area contributed by atoms with E-state index in [-0.39, 0.29) is 0 Å². The summed E-state index contributed by atoms with van der Waals surface area (Å²) in [5.41, 5.74) is 1.04. The van der Waals surface area contributed by atoms with Crippen LogP contribution in [0.5, 0.6) is 0 Å². The molecule has 1 aromatic rings. The van der Waals surface area contributed by atoms with Crippen molar-refractivity contribution in [1.82, 2.24) is 15.6 Å². The Labute approximate surface area is 102 Å². The number of aromatic nitrogens is 1. The Morgan fingerprint density at radius 3 is 2.88 bits per heavy atom. The molecule has 0 amide bonds. The molecule has 16 heavy (non-hydrogen) atoms. The molecule has 1 aliphatic rings. The zero-order valence-electron chi connectivity index (χ0n) is 9.38. The van der Waals surface area contributed by atoms with Gasteiger partial charge in [-0.3, -0.25) is 4.98 Å². The summed E-state index contributed by atoms with van der Waals surface area (Å²) in [5, 5.41) is 7.55. The molecule has 0 bridgehead atoms. The van der Waals surface area contributed by atoms with E-state index in [0.29, 0.717) is 5.02 Å². The molecular formula is C12H18ClN3. The van der Waals surface area contributed by atoms with Crippen molar-refractivity contribution in [2.75, 3.05) is 13.1 Å². The SMILES string of the molecule is Clc1ccc(CNCCCNC2CC2)nc1. The van der Waals surface area contributed by atoms with Gasteiger partial charge in [0.05, 0.1) is 10.7 Å². The standard InChI is InChI=1S/C12H18ClN3/c13-10-2-3-12(16-8-10)9-14-6-1-7-15-11-4-5-11/h2-3,8,11,14-15H,1,4-7,9H2. The Bertz CT molecular complexity index is 309. The lowest BCUT2D eigenvalue weighted by Crippen LogP contribution is -2.23. The van der Waals surface area contributed by atoms with Crippen molar-refractivity contribution in [3.05, 3.63) is 29.0 Å². The van der Waals surface area contributed by atoms with Gasteiger partial charge in [-0.2, -0.15) is 0 Å². The lowest BCUT2D eigenvalue weighted by Gasteiger charge is -2.05. The fourth-order valence-corrected chi connectivity index (χ4v) is 1.65. The number of nitrogens with zero attached hydrogens (tertiary/aromatic N) is 1. The quantitative estimate of drug-likeness (QED) is 0.715. The maximum absolute atomic E-state index is 5.76. The van der Waals surface area contributed by atoms with E-state index in [2.05, 4.69) is 15.6 Å². The van der Waals surface area contributed by atoms with Crippen LogP contribution in [-0.2, 0) is 6.54 Å². The highest BCUT2D eigenvalue weighted by molar-refractivity contribution is 6.30. The average Bonchev–Trinajstić information content (AvgIpc) is 3.10. The van der Waals surface area contributed by atoms with Gasteiger partial charge in [-0.15, -0.1) is 0 Å². The van der Waals surface area contributed by atoms with E-state index in [1.54, 1.807) is 6.20 Å². The van der Waals surface area contributed by atoms with Crippen LogP contribution in [0, 0.1) is 0 Å². The van der Waals surface area contributed by atoms with E-state index in [4.69, 9.17) is 11.6 Å². The minimum absolute atomic E-state index is 0.692. The van der Waals surface area contributed by atoms with Gasteiger partial charge >= 0.3 is 0 Å². The largest absolute Gasteiger partial charge is 0.314 e. The molecule has 1 fully saturated rings. The van der Waals surface area contributed by atoms with Gasteiger partial charge < -0.3 is 10.6 Å². The topological polar surface area (TPSA) is 37.0 Å². The summed E-state index contributed by atoms with van der Waals surface area (Å²) in [7, 11) is 0. The lowest BCUT2D eigenvalue weighted by atomic mass is 10.3. The molecule has 1 aliphatic carbocycles. The highest BCUT2D eigenvalue weighted by atomic mass is 35.5. The average molecular weight is 240 g/mol. The number of halogens is 1. The Morgan fingerprint density at radius 1 is 1.31 bits per heavy atom. The Kier molecular flexibility index (Phi) is 4.57. The third-order valence-corrected chi connectivity index (χ3v) is 2.86. The van der Waals surface area contributed by atoms with Crippen LogP contribution < -0.4 is 10.6 Å². The second kappa shape index (κ2) is 6.18. The summed E-state index contributed by atoms with van der Waals surface area (Å²) in [6, 6.07) is 4.65. The van der Waals surface area contributed by atoms with Crippen LogP contribution in [0.1, 0.15) is 25.0 Å². The van der Waals surface area contributed by atoms with E-state index in [1.807, 2.05) is 12.1 Å². The van der Waals surface area contributed by atoms with Crippen molar-refractivity contribution in [3.8, 4) is 0 Å². The van der Waals surface area contributed by atoms with Crippen molar-refractivity contribution in [2.45, 2.75) is 31.8 Å². The molecule has 4 heteroatoms. The minimum atomic E-state index is 0.692. The molecule has 3 nitrogen and oxygen atoms in total. The first-order chi connectivity index (χ1) is 7.84. The van der Waals surface area contributed by atoms with Crippen LogP contribution in [0.4, 0.5) is 0 Å². The summed E-state index contributed by atoms with van der Waals surface area (Å²) in [4.78, 5) is 4.22. The van der Waals surface area contributed by atoms with Gasteiger partial charge in [0.2, 0.25) is 0 Å². The smallest absolute Gasteiger partial charge is 0.0589 e. The number of pyridine rings is 1. The number of hydrogen-bond donors (Lipinski definition) is 2. The number of hydrogen-bond acceptors (Lipinski definition) is 3. The molecule has 0 atom stereocenters. The summed E-state index contributed by atoms with van der Waals surface area (Å²) in [5.74, 6) is 0. The fourth-order valence-electron chi connectivity index (χ4n) is 1.53. The molecule has 88 valence electrons. The van der Waals surface area contributed by atoms with Crippen LogP contribution >= 0.6 is 11.6 Å². The van der Waals surface area contributed by atoms with Crippen molar-refractivity contribution >= 4 is 11.6 Å². The van der Waals surface area contributed by atoms with Crippen molar-refractivity contribution in [3.63, 3.8) is 0 Å². The van der Waals surface area contributed by atoms with Gasteiger partial charge in [-0.05, 0) is 44.5 Å². The van der Waals surface area contributed by atoms with E-state index in [1.165, 1.54) is 19.3 Å². The molecule has 1 heterocycles. The fraction of sp³-hybridized carbons (Fsp3) is 0.583. The third kappa shape index (κ3) is 4.47. The van der Waals surface area contributed by atoms with E-state index in [9.17, 15) is 0 Å². The van der Waals surface area contributed by atoms with Crippen molar-refractivity contribution in [2.24, 2.45) is 0 Å². The molecule has 0 radical (unpaired) electrons. The van der Waals surface area contributed by atoms with Gasteiger partial charge in [-0.1, -0.05) is 11.6 Å². The highest BCUT2D eigenvalue weighted by Gasteiger charge is 2.19. The molecule has 0 saturated heterocycles. The first-order valence-corrected chi connectivity index (χ1v) is 6.27. The van der Waals surface area contributed by atoms with Gasteiger partial charge in [-0.25, -0.2) is 0 Å². The van der Waals surface area contributed by atoms with Gasteiger partial charge in [0, 0.05) is 18.8 Å². The molecule has 1 saturated carbocycles. The second-order valence-corrected chi connectivity index (χ2v) is 4.66. The van der Waals surface area contributed by atoms with Crippen LogP contribution in [0.25, 0.3) is 0 Å². The number of nitrogens with one attached hydrogen (secondary N) is 2. The van der Waals surface area contributed by atoms with Crippen LogP contribution in [0.2, 0.25) is 5.02 Å². The van der Waals surface area contributed by atoms with Crippen LogP contribution in [-0.4, -0.2) is 24.1 Å². The molecule has 0 aromatic carbocycles. The third-order valence-electron chi connectivity index (χ3n) is 2.64. The summed E-state index contributed by atoms with van der Waals surface area (Å²) >= 11 is 5.76. The second-order valence-electron chi connectivity index (χ2n) is 4.23. The normalized spacial score (nSPS) is 15.3. The first kappa shape index (κ1) is 11.8. The molecule has 0 unspecified atom stereocenters. The predicted molar refractivity (Wildman–Crippen MR) is 66.6 cm³/mol. The highest BCUT2D eigenvalue weighted by Crippen LogP contribution is 2.18. The Hall–Kier alpha value is -0.640. The number of rotatable bonds is 7. The van der Waals surface area contributed by atoms with Gasteiger partial charge in [0.15, 0.2) is 0 Å². The molecule has 0 spiro atoms. The zero-order valence-corrected chi connectivity index (χ0v) is 10.1.